The highest BCUT2D eigenvalue weighted by Crippen LogP contribution is 2.32. The molecule has 0 aliphatic heterocycles. The predicted octanol–water partition coefficient (Wildman–Crippen LogP) is 1.94. The molecule has 4 nitrogen and oxygen atoms in total. The van der Waals surface area contributed by atoms with Crippen LogP contribution in [0.2, 0.25) is 0 Å². The lowest BCUT2D eigenvalue weighted by molar-refractivity contribution is 0.170. The SMILES string of the molecule is Cn1ncc2c1CCCC2NC1CCC(CO)CC1. The molecule has 1 aromatic rings. The van der Waals surface area contributed by atoms with Crippen molar-refractivity contribution in [3.8, 4) is 0 Å². The number of nitrogens with one attached hydrogen (secondary N) is 1. The smallest absolute Gasteiger partial charge is 0.0540 e. The maximum Gasteiger partial charge on any atom is 0.0540 e. The summed E-state index contributed by atoms with van der Waals surface area (Å²) >= 11 is 0. The Morgan fingerprint density at radius 3 is 2.84 bits per heavy atom. The van der Waals surface area contributed by atoms with E-state index in [0.29, 0.717) is 24.6 Å². The molecule has 1 unspecified atom stereocenters. The molecule has 0 radical (unpaired) electrons. The van der Waals surface area contributed by atoms with Gasteiger partial charge in [0.1, 0.15) is 0 Å². The van der Waals surface area contributed by atoms with Crippen LogP contribution >= 0.6 is 0 Å². The summed E-state index contributed by atoms with van der Waals surface area (Å²) in [5, 5.41) is 17.4. The molecular weight excluding hydrogens is 238 g/mol. The van der Waals surface area contributed by atoms with Crippen molar-refractivity contribution in [2.75, 3.05) is 6.61 Å². The third-order valence-corrected chi connectivity index (χ3v) is 4.92. The monoisotopic (exact) mass is 263 g/mol. The summed E-state index contributed by atoms with van der Waals surface area (Å²) in [5.41, 5.74) is 2.82. The zero-order valence-corrected chi connectivity index (χ0v) is 11.8. The second-order valence-corrected chi connectivity index (χ2v) is 6.18. The fraction of sp³-hybridized carbons (Fsp3) is 0.800. The summed E-state index contributed by atoms with van der Waals surface area (Å²) in [5.74, 6) is 0.540. The Labute approximate surface area is 115 Å². The first-order valence-corrected chi connectivity index (χ1v) is 7.65. The lowest BCUT2D eigenvalue weighted by Crippen LogP contribution is -2.37. The molecule has 0 saturated heterocycles. The maximum absolute atomic E-state index is 9.20. The third-order valence-electron chi connectivity index (χ3n) is 4.92. The Bertz CT molecular complexity index is 421. The lowest BCUT2D eigenvalue weighted by Gasteiger charge is -2.33. The minimum absolute atomic E-state index is 0.364. The average Bonchev–Trinajstić information content (AvgIpc) is 2.83. The van der Waals surface area contributed by atoms with Crippen LogP contribution in [0.3, 0.4) is 0 Å². The zero-order chi connectivity index (χ0) is 13.2. The molecule has 1 aromatic heterocycles. The van der Waals surface area contributed by atoms with Crippen LogP contribution in [0.5, 0.6) is 0 Å². The molecule has 4 heteroatoms. The highest BCUT2D eigenvalue weighted by molar-refractivity contribution is 5.24. The minimum Gasteiger partial charge on any atom is -0.396 e. The quantitative estimate of drug-likeness (QED) is 0.876. The van der Waals surface area contributed by atoms with Crippen molar-refractivity contribution < 1.29 is 5.11 Å². The van der Waals surface area contributed by atoms with Gasteiger partial charge in [-0.15, -0.1) is 0 Å². The van der Waals surface area contributed by atoms with Gasteiger partial charge in [0.25, 0.3) is 0 Å². The Balaban J connectivity index is 1.62. The number of aliphatic hydroxyl groups excluding tert-OH is 1. The van der Waals surface area contributed by atoms with Gasteiger partial charge >= 0.3 is 0 Å². The molecule has 106 valence electrons. The van der Waals surface area contributed by atoms with Gasteiger partial charge in [0.2, 0.25) is 0 Å². The van der Waals surface area contributed by atoms with E-state index in [4.69, 9.17) is 0 Å². The van der Waals surface area contributed by atoms with E-state index in [1.165, 1.54) is 56.2 Å². The number of rotatable bonds is 3. The van der Waals surface area contributed by atoms with Gasteiger partial charge in [-0.1, -0.05) is 0 Å². The summed E-state index contributed by atoms with van der Waals surface area (Å²) in [6.45, 7) is 0.364. The van der Waals surface area contributed by atoms with Crippen LogP contribution in [0.1, 0.15) is 55.8 Å². The molecule has 3 rings (SSSR count). The fourth-order valence-corrected chi connectivity index (χ4v) is 3.68. The molecule has 1 saturated carbocycles. The van der Waals surface area contributed by atoms with Gasteiger partial charge in [-0.3, -0.25) is 4.68 Å². The summed E-state index contributed by atoms with van der Waals surface area (Å²) in [6, 6.07) is 1.12. The second-order valence-electron chi connectivity index (χ2n) is 6.18. The molecule has 0 amide bonds. The van der Waals surface area contributed by atoms with Crippen molar-refractivity contribution in [2.45, 2.75) is 57.0 Å². The molecule has 0 aromatic carbocycles. The van der Waals surface area contributed by atoms with E-state index in [9.17, 15) is 5.11 Å². The Hall–Kier alpha value is -0.870. The van der Waals surface area contributed by atoms with Gasteiger partial charge in [0.05, 0.1) is 6.20 Å². The van der Waals surface area contributed by atoms with E-state index in [1.807, 2.05) is 17.9 Å². The van der Waals surface area contributed by atoms with Crippen molar-refractivity contribution in [2.24, 2.45) is 13.0 Å². The van der Waals surface area contributed by atoms with Gasteiger partial charge in [-0.2, -0.15) is 5.10 Å². The lowest BCUT2D eigenvalue weighted by atomic mass is 9.85. The van der Waals surface area contributed by atoms with Gasteiger partial charge in [-0.25, -0.2) is 0 Å². The predicted molar refractivity (Wildman–Crippen MR) is 74.9 cm³/mol. The minimum atomic E-state index is 0.364. The van der Waals surface area contributed by atoms with Gasteiger partial charge in [-0.05, 0) is 50.9 Å². The van der Waals surface area contributed by atoms with Crippen LogP contribution in [0.15, 0.2) is 6.20 Å². The number of fused-ring (bicyclic) bond motifs is 1. The summed E-state index contributed by atoms with van der Waals surface area (Å²) in [7, 11) is 2.05. The van der Waals surface area contributed by atoms with Crippen molar-refractivity contribution in [3.05, 3.63) is 17.5 Å². The van der Waals surface area contributed by atoms with Crippen LogP contribution in [0.25, 0.3) is 0 Å². The second kappa shape index (κ2) is 5.63. The largest absolute Gasteiger partial charge is 0.396 e. The van der Waals surface area contributed by atoms with E-state index in [2.05, 4.69) is 10.4 Å². The molecular formula is C15H25N3O. The first kappa shape index (κ1) is 13.1. The topological polar surface area (TPSA) is 50.1 Å². The maximum atomic E-state index is 9.20. The molecule has 2 N–H and O–H groups in total. The highest BCUT2D eigenvalue weighted by atomic mass is 16.3. The summed E-state index contributed by atoms with van der Waals surface area (Å²) < 4.78 is 2.03. The van der Waals surface area contributed by atoms with Crippen molar-refractivity contribution >= 4 is 0 Å². The van der Waals surface area contributed by atoms with Crippen molar-refractivity contribution in [3.63, 3.8) is 0 Å². The highest BCUT2D eigenvalue weighted by Gasteiger charge is 2.27. The molecule has 0 spiro atoms. The van der Waals surface area contributed by atoms with Gasteiger partial charge in [0, 0.05) is 37.0 Å². The number of hydrogen-bond acceptors (Lipinski definition) is 3. The summed E-state index contributed by atoms with van der Waals surface area (Å²) in [6.07, 6.45) is 10.5. The molecule has 0 bridgehead atoms. The number of aromatic nitrogens is 2. The van der Waals surface area contributed by atoms with E-state index in [1.54, 1.807) is 0 Å². The average molecular weight is 263 g/mol. The number of hydrogen-bond donors (Lipinski definition) is 2. The molecule has 1 heterocycles. The van der Waals surface area contributed by atoms with E-state index >= 15 is 0 Å². The fourth-order valence-electron chi connectivity index (χ4n) is 3.68. The van der Waals surface area contributed by atoms with Crippen LogP contribution < -0.4 is 5.32 Å². The van der Waals surface area contributed by atoms with Crippen LogP contribution in [0, 0.1) is 5.92 Å². The van der Waals surface area contributed by atoms with Crippen LogP contribution in [0.4, 0.5) is 0 Å². The first-order chi connectivity index (χ1) is 9.28. The van der Waals surface area contributed by atoms with Gasteiger partial charge < -0.3 is 10.4 Å². The molecule has 2 aliphatic rings. The van der Waals surface area contributed by atoms with Crippen LogP contribution in [-0.2, 0) is 13.5 Å². The Kier molecular flexibility index (Phi) is 3.89. The first-order valence-electron chi connectivity index (χ1n) is 7.65. The normalized spacial score (nSPS) is 31.2. The Morgan fingerprint density at radius 1 is 1.32 bits per heavy atom. The number of aryl methyl sites for hydroxylation is 1. The summed E-state index contributed by atoms with van der Waals surface area (Å²) in [4.78, 5) is 0. The van der Waals surface area contributed by atoms with Gasteiger partial charge in [0.15, 0.2) is 0 Å². The molecule has 1 fully saturated rings. The van der Waals surface area contributed by atoms with E-state index in [-0.39, 0.29) is 0 Å². The Morgan fingerprint density at radius 2 is 2.11 bits per heavy atom. The standard InChI is InChI=1S/C15H25N3O/c1-18-15-4-2-3-14(13(15)9-16-18)17-12-7-5-11(10-19)6-8-12/h9,11-12,14,17,19H,2-8,10H2,1H3. The van der Waals surface area contributed by atoms with E-state index < -0.39 is 0 Å². The third kappa shape index (κ3) is 2.70. The molecule has 19 heavy (non-hydrogen) atoms. The number of nitrogens with zero attached hydrogens (tertiary/aromatic N) is 2. The van der Waals surface area contributed by atoms with Crippen molar-refractivity contribution in [1.29, 1.82) is 0 Å². The van der Waals surface area contributed by atoms with Crippen molar-refractivity contribution in [1.82, 2.24) is 15.1 Å². The van der Waals surface area contributed by atoms with E-state index in [0.717, 1.165) is 0 Å². The molecule has 2 aliphatic carbocycles. The molecule has 1 atom stereocenters. The van der Waals surface area contributed by atoms with Crippen LogP contribution in [-0.4, -0.2) is 27.5 Å². The number of aliphatic hydroxyl groups is 1. The zero-order valence-electron chi connectivity index (χ0n) is 11.8.